The van der Waals surface area contributed by atoms with E-state index in [4.69, 9.17) is 0 Å². The summed E-state index contributed by atoms with van der Waals surface area (Å²) in [5.74, 6) is -0.206. The van der Waals surface area contributed by atoms with Gasteiger partial charge in [0, 0.05) is 5.54 Å². The summed E-state index contributed by atoms with van der Waals surface area (Å²) in [5, 5.41) is 12.5. The van der Waals surface area contributed by atoms with Gasteiger partial charge in [-0.25, -0.2) is 0 Å². The topological polar surface area (TPSA) is 49.3 Å². The first-order valence-corrected chi connectivity index (χ1v) is 5.48. The van der Waals surface area contributed by atoms with Crippen molar-refractivity contribution in [3.8, 4) is 5.75 Å². The highest BCUT2D eigenvalue weighted by molar-refractivity contribution is 5.97. The summed E-state index contributed by atoms with van der Waals surface area (Å²) >= 11 is 0. The van der Waals surface area contributed by atoms with E-state index in [1.807, 2.05) is 27.7 Å². The Morgan fingerprint density at radius 1 is 1.44 bits per heavy atom. The Labute approximate surface area is 96.5 Å². The zero-order valence-corrected chi connectivity index (χ0v) is 10.3. The van der Waals surface area contributed by atoms with Crippen LogP contribution in [0, 0.1) is 6.92 Å². The van der Waals surface area contributed by atoms with Crippen molar-refractivity contribution in [1.29, 1.82) is 0 Å². The highest BCUT2D eigenvalue weighted by Gasteiger charge is 2.20. The quantitative estimate of drug-likeness (QED) is 0.824. The lowest BCUT2D eigenvalue weighted by Crippen LogP contribution is -2.42. The van der Waals surface area contributed by atoms with Crippen LogP contribution in [0.3, 0.4) is 0 Å². The Morgan fingerprint density at radius 3 is 2.62 bits per heavy atom. The van der Waals surface area contributed by atoms with Crippen LogP contribution in [-0.2, 0) is 0 Å². The van der Waals surface area contributed by atoms with E-state index in [0.29, 0.717) is 5.56 Å². The Hall–Kier alpha value is -1.51. The van der Waals surface area contributed by atoms with E-state index in [9.17, 15) is 9.90 Å². The maximum absolute atomic E-state index is 11.9. The molecule has 0 fully saturated rings. The molecule has 0 heterocycles. The monoisotopic (exact) mass is 221 g/mol. The third-order valence-corrected chi connectivity index (χ3v) is 2.73. The lowest BCUT2D eigenvalue weighted by atomic mass is 10.0. The molecule has 88 valence electrons. The fraction of sp³-hybridized carbons (Fsp3) is 0.462. The van der Waals surface area contributed by atoms with E-state index in [1.54, 1.807) is 18.2 Å². The summed E-state index contributed by atoms with van der Waals surface area (Å²) in [5.41, 5.74) is 1.03. The number of nitrogens with one attached hydrogen (secondary N) is 1. The standard InChI is InChI=1S/C13H19NO2/c1-5-13(3,4)14-12(16)10-8-9(2)6-7-11(10)15/h6-8,15H,5H2,1-4H3,(H,14,16). The lowest BCUT2D eigenvalue weighted by Gasteiger charge is -2.24. The van der Waals surface area contributed by atoms with Gasteiger partial charge in [0.1, 0.15) is 5.75 Å². The van der Waals surface area contributed by atoms with Crippen LogP contribution in [0.2, 0.25) is 0 Å². The molecule has 3 nitrogen and oxygen atoms in total. The zero-order chi connectivity index (χ0) is 12.3. The molecular weight excluding hydrogens is 202 g/mol. The molecule has 0 saturated heterocycles. The fourth-order valence-corrected chi connectivity index (χ4v) is 1.29. The average Bonchev–Trinajstić information content (AvgIpc) is 2.21. The summed E-state index contributed by atoms with van der Waals surface area (Å²) in [6.45, 7) is 7.81. The number of carbonyl (C=O) groups is 1. The summed E-state index contributed by atoms with van der Waals surface area (Å²) in [7, 11) is 0. The molecule has 1 aromatic rings. The van der Waals surface area contributed by atoms with Crippen molar-refractivity contribution in [2.24, 2.45) is 0 Å². The van der Waals surface area contributed by atoms with Crippen LogP contribution in [0.4, 0.5) is 0 Å². The van der Waals surface area contributed by atoms with Crippen molar-refractivity contribution >= 4 is 5.91 Å². The van der Waals surface area contributed by atoms with E-state index in [1.165, 1.54) is 0 Å². The number of phenolic OH excluding ortho intramolecular Hbond substituents is 1. The third kappa shape index (κ3) is 2.99. The normalized spacial score (nSPS) is 11.2. The van der Waals surface area contributed by atoms with Crippen LogP contribution in [0.15, 0.2) is 18.2 Å². The molecule has 1 aromatic carbocycles. The van der Waals surface area contributed by atoms with Gasteiger partial charge < -0.3 is 10.4 Å². The first kappa shape index (κ1) is 12.6. The summed E-state index contributed by atoms with van der Waals surface area (Å²) < 4.78 is 0. The van der Waals surface area contributed by atoms with Gasteiger partial charge in [0.05, 0.1) is 5.56 Å². The van der Waals surface area contributed by atoms with Crippen molar-refractivity contribution in [2.75, 3.05) is 0 Å². The minimum absolute atomic E-state index is 0.0232. The maximum Gasteiger partial charge on any atom is 0.255 e. The van der Waals surface area contributed by atoms with Crippen molar-refractivity contribution in [1.82, 2.24) is 5.32 Å². The number of carbonyl (C=O) groups excluding carboxylic acids is 1. The maximum atomic E-state index is 11.9. The molecule has 16 heavy (non-hydrogen) atoms. The van der Waals surface area contributed by atoms with E-state index in [2.05, 4.69) is 5.32 Å². The molecule has 0 aliphatic heterocycles. The van der Waals surface area contributed by atoms with Crippen molar-refractivity contribution in [3.05, 3.63) is 29.3 Å². The van der Waals surface area contributed by atoms with Crippen molar-refractivity contribution in [3.63, 3.8) is 0 Å². The van der Waals surface area contributed by atoms with Crippen molar-refractivity contribution < 1.29 is 9.90 Å². The van der Waals surface area contributed by atoms with Gasteiger partial charge in [-0.05, 0) is 39.3 Å². The number of rotatable bonds is 3. The Kier molecular flexibility index (Phi) is 3.58. The Morgan fingerprint density at radius 2 is 2.06 bits per heavy atom. The Balaban J connectivity index is 2.93. The molecule has 0 spiro atoms. The number of aryl methyl sites for hydroxylation is 1. The van der Waals surface area contributed by atoms with E-state index < -0.39 is 0 Å². The van der Waals surface area contributed by atoms with Crippen LogP contribution < -0.4 is 5.32 Å². The second kappa shape index (κ2) is 4.56. The van der Waals surface area contributed by atoms with Crippen LogP contribution in [0.5, 0.6) is 5.75 Å². The van der Waals surface area contributed by atoms with Crippen molar-refractivity contribution in [2.45, 2.75) is 39.7 Å². The number of hydrogen-bond acceptors (Lipinski definition) is 2. The predicted molar refractivity (Wildman–Crippen MR) is 64.7 cm³/mol. The van der Waals surface area contributed by atoms with Crippen LogP contribution in [0.25, 0.3) is 0 Å². The third-order valence-electron chi connectivity index (χ3n) is 2.73. The van der Waals surface area contributed by atoms with Crippen LogP contribution in [0.1, 0.15) is 43.1 Å². The van der Waals surface area contributed by atoms with Gasteiger partial charge in [0.2, 0.25) is 0 Å². The SMILES string of the molecule is CCC(C)(C)NC(=O)c1cc(C)ccc1O. The predicted octanol–water partition coefficient (Wildman–Crippen LogP) is 2.62. The Bertz CT molecular complexity index is 397. The minimum Gasteiger partial charge on any atom is -0.507 e. The zero-order valence-electron chi connectivity index (χ0n) is 10.3. The molecule has 0 radical (unpaired) electrons. The first-order valence-electron chi connectivity index (χ1n) is 5.48. The van der Waals surface area contributed by atoms with E-state index in [0.717, 1.165) is 12.0 Å². The molecule has 2 N–H and O–H groups in total. The molecule has 0 atom stereocenters. The fourth-order valence-electron chi connectivity index (χ4n) is 1.29. The van der Waals surface area contributed by atoms with Crippen LogP contribution >= 0.6 is 0 Å². The van der Waals surface area contributed by atoms with Gasteiger partial charge in [0.25, 0.3) is 5.91 Å². The molecule has 0 unspecified atom stereocenters. The molecule has 3 heteroatoms. The molecule has 1 rings (SSSR count). The highest BCUT2D eigenvalue weighted by atomic mass is 16.3. The van der Waals surface area contributed by atoms with Crippen LogP contribution in [-0.4, -0.2) is 16.6 Å². The summed E-state index contributed by atoms with van der Waals surface area (Å²) in [4.78, 5) is 11.9. The smallest absolute Gasteiger partial charge is 0.255 e. The summed E-state index contributed by atoms with van der Waals surface area (Å²) in [6.07, 6.45) is 0.839. The average molecular weight is 221 g/mol. The number of amides is 1. The molecule has 0 aliphatic carbocycles. The number of aromatic hydroxyl groups is 1. The molecule has 0 aromatic heterocycles. The van der Waals surface area contributed by atoms with Gasteiger partial charge in [-0.3, -0.25) is 4.79 Å². The minimum atomic E-state index is -0.257. The largest absolute Gasteiger partial charge is 0.507 e. The van der Waals surface area contributed by atoms with E-state index >= 15 is 0 Å². The van der Waals surface area contributed by atoms with Gasteiger partial charge in [0.15, 0.2) is 0 Å². The number of hydrogen-bond donors (Lipinski definition) is 2. The molecular formula is C13H19NO2. The molecule has 0 aliphatic rings. The van der Waals surface area contributed by atoms with Gasteiger partial charge in [-0.2, -0.15) is 0 Å². The van der Waals surface area contributed by atoms with E-state index in [-0.39, 0.29) is 17.2 Å². The number of benzene rings is 1. The highest BCUT2D eigenvalue weighted by Crippen LogP contribution is 2.19. The van der Waals surface area contributed by atoms with Gasteiger partial charge in [-0.1, -0.05) is 18.6 Å². The molecule has 1 amide bonds. The number of phenols is 1. The second-order valence-electron chi connectivity index (χ2n) is 4.71. The lowest BCUT2D eigenvalue weighted by molar-refractivity contribution is 0.0908. The molecule has 0 bridgehead atoms. The second-order valence-corrected chi connectivity index (χ2v) is 4.71. The van der Waals surface area contributed by atoms with Gasteiger partial charge in [-0.15, -0.1) is 0 Å². The first-order chi connectivity index (χ1) is 7.35. The van der Waals surface area contributed by atoms with Gasteiger partial charge >= 0.3 is 0 Å². The molecule has 0 saturated carbocycles. The summed E-state index contributed by atoms with van der Waals surface area (Å²) in [6, 6.07) is 5.01.